The molecule has 5 heteroatoms. The van der Waals surface area contributed by atoms with E-state index in [-0.39, 0.29) is 5.91 Å². The van der Waals surface area contributed by atoms with Crippen molar-refractivity contribution >= 4 is 5.91 Å². The van der Waals surface area contributed by atoms with Gasteiger partial charge in [0.05, 0.1) is 6.20 Å². The van der Waals surface area contributed by atoms with Crippen LogP contribution in [0.1, 0.15) is 24.0 Å². The Kier molecular flexibility index (Phi) is 4.42. The Hall–Kier alpha value is -2.30. The Morgan fingerprint density at radius 2 is 2.32 bits per heavy atom. The number of aromatic hydroxyl groups is 1. The van der Waals surface area contributed by atoms with E-state index < -0.39 is 0 Å². The van der Waals surface area contributed by atoms with Gasteiger partial charge in [-0.2, -0.15) is 5.10 Å². The molecule has 0 spiro atoms. The molecule has 1 aliphatic heterocycles. The number of carbonyl (C=O) groups excluding carboxylic acids is 1. The quantitative estimate of drug-likeness (QED) is 0.888. The van der Waals surface area contributed by atoms with Crippen molar-refractivity contribution < 1.29 is 9.90 Å². The minimum Gasteiger partial charge on any atom is -0.508 e. The molecule has 0 bridgehead atoms. The standard InChI is InChI=1S/C17H21N3O2/c21-16-3-1-2-13(9-16)8-14-6-7-20(12-14)17(22)5-4-15-10-18-19-11-15/h1-3,9-11,14,21H,4-8,12H2,(H,18,19). The van der Waals surface area contributed by atoms with E-state index in [1.54, 1.807) is 12.3 Å². The molecule has 1 saturated heterocycles. The van der Waals surface area contributed by atoms with Crippen LogP contribution in [0.5, 0.6) is 5.75 Å². The molecular weight excluding hydrogens is 278 g/mol. The molecule has 0 radical (unpaired) electrons. The predicted octanol–water partition coefficient (Wildman–Crippen LogP) is 2.14. The smallest absolute Gasteiger partial charge is 0.222 e. The lowest BCUT2D eigenvalue weighted by atomic mass is 9.98. The van der Waals surface area contributed by atoms with Crippen LogP contribution in [0.4, 0.5) is 0 Å². The van der Waals surface area contributed by atoms with Crippen LogP contribution in [-0.2, 0) is 17.6 Å². The van der Waals surface area contributed by atoms with Crippen LogP contribution in [0.25, 0.3) is 0 Å². The Morgan fingerprint density at radius 3 is 3.09 bits per heavy atom. The summed E-state index contributed by atoms with van der Waals surface area (Å²) in [6.45, 7) is 1.66. The number of aryl methyl sites for hydroxylation is 1. The summed E-state index contributed by atoms with van der Waals surface area (Å²) in [6.07, 6.45) is 6.83. The maximum Gasteiger partial charge on any atom is 0.222 e. The Morgan fingerprint density at radius 1 is 1.41 bits per heavy atom. The summed E-state index contributed by atoms with van der Waals surface area (Å²) in [5.74, 6) is 1.02. The highest BCUT2D eigenvalue weighted by Gasteiger charge is 2.26. The van der Waals surface area contributed by atoms with E-state index in [1.165, 1.54) is 0 Å². The van der Waals surface area contributed by atoms with Crippen LogP contribution in [0, 0.1) is 5.92 Å². The van der Waals surface area contributed by atoms with E-state index in [4.69, 9.17) is 0 Å². The van der Waals surface area contributed by atoms with Crippen LogP contribution in [0.15, 0.2) is 36.7 Å². The molecule has 1 atom stereocenters. The zero-order chi connectivity index (χ0) is 15.4. The maximum absolute atomic E-state index is 12.2. The molecule has 1 aromatic heterocycles. The van der Waals surface area contributed by atoms with Gasteiger partial charge >= 0.3 is 0 Å². The second-order valence-electron chi connectivity index (χ2n) is 5.98. The van der Waals surface area contributed by atoms with Crippen LogP contribution < -0.4 is 0 Å². The number of likely N-dealkylation sites (tertiary alicyclic amines) is 1. The number of aromatic nitrogens is 2. The fourth-order valence-corrected chi connectivity index (χ4v) is 3.07. The Labute approximate surface area is 130 Å². The molecular formula is C17H21N3O2. The predicted molar refractivity (Wildman–Crippen MR) is 83.4 cm³/mol. The first-order chi connectivity index (χ1) is 10.7. The highest BCUT2D eigenvalue weighted by atomic mass is 16.3. The lowest BCUT2D eigenvalue weighted by molar-refractivity contribution is -0.130. The van der Waals surface area contributed by atoms with Crippen molar-refractivity contribution in [2.24, 2.45) is 5.92 Å². The molecule has 1 unspecified atom stereocenters. The first-order valence-electron chi connectivity index (χ1n) is 7.74. The number of rotatable bonds is 5. The molecule has 1 amide bonds. The summed E-state index contributed by atoms with van der Waals surface area (Å²) in [5, 5.41) is 16.2. The largest absolute Gasteiger partial charge is 0.508 e. The molecule has 1 fully saturated rings. The van der Waals surface area contributed by atoms with Gasteiger partial charge in [0, 0.05) is 25.7 Å². The number of phenolic OH excluding ortho intramolecular Hbond substituents is 1. The molecule has 0 saturated carbocycles. The number of benzene rings is 1. The summed E-state index contributed by atoms with van der Waals surface area (Å²) in [5.41, 5.74) is 2.21. The molecule has 22 heavy (non-hydrogen) atoms. The zero-order valence-electron chi connectivity index (χ0n) is 12.5. The summed E-state index contributed by atoms with van der Waals surface area (Å²) < 4.78 is 0. The summed E-state index contributed by atoms with van der Waals surface area (Å²) in [4.78, 5) is 14.2. The van der Waals surface area contributed by atoms with Crippen LogP contribution in [0.3, 0.4) is 0 Å². The number of phenols is 1. The minimum absolute atomic E-state index is 0.222. The normalized spacial score (nSPS) is 17.8. The fourth-order valence-electron chi connectivity index (χ4n) is 3.07. The number of hydrogen-bond donors (Lipinski definition) is 2. The fraction of sp³-hybridized carbons (Fsp3) is 0.412. The number of nitrogens with zero attached hydrogens (tertiary/aromatic N) is 2. The van der Waals surface area contributed by atoms with Gasteiger partial charge in [-0.25, -0.2) is 0 Å². The van der Waals surface area contributed by atoms with Crippen molar-refractivity contribution in [2.75, 3.05) is 13.1 Å². The Bertz CT molecular complexity index is 625. The van der Waals surface area contributed by atoms with Crippen molar-refractivity contribution in [3.8, 4) is 5.75 Å². The second kappa shape index (κ2) is 6.64. The molecule has 2 N–H and O–H groups in total. The van der Waals surface area contributed by atoms with Gasteiger partial charge < -0.3 is 10.0 Å². The van der Waals surface area contributed by atoms with Gasteiger partial charge in [0.25, 0.3) is 0 Å². The number of aromatic amines is 1. The van der Waals surface area contributed by atoms with E-state index >= 15 is 0 Å². The third-order valence-electron chi connectivity index (χ3n) is 4.26. The second-order valence-corrected chi connectivity index (χ2v) is 5.98. The van der Waals surface area contributed by atoms with Gasteiger partial charge in [-0.1, -0.05) is 12.1 Å². The first-order valence-corrected chi connectivity index (χ1v) is 7.74. The van der Waals surface area contributed by atoms with Gasteiger partial charge in [-0.05, 0) is 48.4 Å². The molecule has 5 nitrogen and oxygen atoms in total. The molecule has 2 heterocycles. The van der Waals surface area contributed by atoms with E-state index in [2.05, 4.69) is 10.2 Å². The minimum atomic E-state index is 0.222. The summed E-state index contributed by atoms with van der Waals surface area (Å²) in [7, 11) is 0. The number of H-pyrrole nitrogens is 1. The summed E-state index contributed by atoms with van der Waals surface area (Å²) >= 11 is 0. The SMILES string of the molecule is O=C(CCc1cn[nH]c1)N1CCC(Cc2cccc(O)c2)C1. The maximum atomic E-state index is 12.2. The van der Waals surface area contributed by atoms with Gasteiger partial charge in [-0.3, -0.25) is 9.89 Å². The summed E-state index contributed by atoms with van der Waals surface area (Å²) in [6, 6.07) is 7.39. The van der Waals surface area contributed by atoms with E-state index in [9.17, 15) is 9.90 Å². The monoisotopic (exact) mass is 299 g/mol. The highest BCUT2D eigenvalue weighted by molar-refractivity contribution is 5.76. The van der Waals surface area contributed by atoms with Gasteiger partial charge in [0.2, 0.25) is 5.91 Å². The van der Waals surface area contributed by atoms with Crippen molar-refractivity contribution in [3.63, 3.8) is 0 Å². The van der Waals surface area contributed by atoms with Gasteiger partial charge in [-0.15, -0.1) is 0 Å². The number of hydrogen-bond acceptors (Lipinski definition) is 3. The van der Waals surface area contributed by atoms with Crippen molar-refractivity contribution in [2.45, 2.75) is 25.7 Å². The third-order valence-corrected chi connectivity index (χ3v) is 4.26. The molecule has 116 valence electrons. The van der Waals surface area contributed by atoms with Crippen LogP contribution in [0.2, 0.25) is 0 Å². The van der Waals surface area contributed by atoms with E-state index in [1.807, 2.05) is 29.3 Å². The van der Waals surface area contributed by atoms with E-state index in [0.29, 0.717) is 18.1 Å². The molecule has 3 rings (SSSR count). The zero-order valence-corrected chi connectivity index (χ0v) is 12.5. The lowest BCUT2D eigenvalue weighted by Gasteiger charge is -2.16. The average molecular weight is 299 g/mol. The lowest BCUT2D eigenvalue weighted by Crippen LogP contribution is -2.29. The number of amides is 1. The number of nitrogens with one attached hydrogen (secondary N) is 1. The third kappa shape index (κ3) is 3.67. The van der Waals surface area contributed by atoms with Crippen molar-refractivity contribution in [1.29, 1.82) is 0 Å². The average Bonchev–Trinajstić information content (AvgIpc) is 3.16. The van der Waals surface area contributed by atoms with Crippen LogP contribution in [-0.4, -0.2) is 39.2 Å². The van der Waals surface area contributed by atoms with Crippen molar-refractivity contribution in [1.82, 2.24) is 15.1 Å². The first kappa shape index (κ1) is 14.6. The van der Waals surface area contributed by atoms with E-state index in [0.717, 1.165) is 43.5 Å². The molecule has 1 aliphatic rings. The van der Waals surface area contributed by atoms with Gasteiger partial charge in [0.1, 0.15) is 5.75 Å². The van der Waals surface area contributed by atoms with Crippen LogP contribution >= 0.6 is 0 Å². The topological polar surface area (TPSA) is 69.2 Å². The van der Waals surface area contributed by atoms with Crippen molar-refractivity contribution in [3.05, 3.63) is 47.8 Å². The molecule has 1 aromatic carbocycles. The highest BCUT2D eigenvalue weighted by Crippen LogP contribution is 2.23. The Balaban J connectivity index is 1.48. The number of carbonyl (C=O) groups is 1. The molecule has 0 aliphatic carbocycles. The molecule has 2 aromatic rings. The van der Waals surface area contributed by atoms with Gasteiger partial charge in [0.15, 0.2) is 0 Å².